The topological polar surface area (TPSA) is 43.1 Å². The Morgan fingerprint density at radius 3 is 2.54 bits per heavy atom. The van der Waals surface area contributed by atoms with Crippen LogP contribution >= 0.6 is 0 Å². The minimum Gasteiger partial charge on any atom is -0.369 e. The molecule has 1 saturated carbocycles. The number of amides is 1. The predicted molar refractivity (Wildman–Crippen MR) is 52.8 cm³/mol. The van der Waals surface area contributed by atoms with Gasteiger partial charge < -0.3 is 5.73 Å². The Labute approximate surface area is 79.9 Å². The molecule has 0 aromatic carbocycles. The number of carbonyl (C=O) groups excluding carboxylic acids is 1. The molecule has 2 heteroatoms. The van der Waals surface area contributed by atoms with Crippen molar-refractivity contribution in [2.75, 3.05) is 0 Å². The summed E-state index contributed by atoms with van der Waals surface area (Å²) in [6.07, 6.45) is 11.9. The van der Waals surface area contributed by atoms with Gasteiger partial charge in [0.1, 0.15) is 0 Å². The zero-order valence-corrected chi connectivity index (χ0v) is 8.01. The molecule has 72 valence electrons. The molecule has 2 nitrogen and oxygen atoms in total. The lowest BCUT2D eigenvalue weighted by molar-refractivity contribution is -0.127. The number of nitrogens with two attached hydrogens (primary N) is 1. The number of hydrogen-bond acceptors (Lipinski definition) is 1. The molecule has 0 heterocycles. The van der Waals surface area contributed by atoms with E-state index in [4.69, 9.17) is 12.2 Å². The lowest BCUT2D eigenvalue weighted by Crippen LogP contribution is -2.34. The van der Waals surface area contributed by atoms with Crippen LogP contribution in [0.1, 0.15) is 44.9 Å². The standard InChI is InChI=1S/C11H17NO/c1-2-3-4-7-11(10(12)13)8-5-6-9-11/h1H,3-9H2,(H2,12,13). The second-order valence-corrected chi connectivity index (χ2v) is 3.91. The molecular formula is C11H17NO. The first kappa shape index (κ1) is 10.1. The lowest BCUT2D eigenvalue weighted by Gasteiger charge is -2.24. The third-order valence-electron chi connectivity index (χ3n) is 3.06. The zero-order chi connectivity index (χ0) is 9.73. The molecule has 0 aromatic rings. The van der Waals surface area contributed by atoms with Crippen LogP contribution in [0.5, 0.6) is 0 Å². The second-order valence-electron chi connectivity index (χ2n) is 3.91. The Balaban J connectivity index is 2.48. The number of primary amides is 1. The smallest absolute Gasteiger partial charge is 0.223 e. The van der Waals surface area contributed by atoms with Crippen LogP contribution in [0.3, 0.4) is 0 Å². The van der Waals surface area contributed by atoms with Gasteiger partial charge in [-0.15, -0.1) is 12.3 Å². The van der Waals surface area contributed by atoms with Crippen LogP contribution in [0.4, 0.5) is 0 Å². The van der Waals surface area contributed by atoms with Gasteiger partial charge in [0, 0.05) is 11.8 Å². The number of carbonyl (C=O) groups is 1. The second kappa shape index (κ2) is 4.32. The van der Waals surface area contributed by atoms with Crippen molar-refractivity contribution in [1.29, 1.82) is 0 Å². The summed E-state index contributed by atoms with van der Waals surface area (Å²) in [6, 6.07) is 0. The highest BCUT2D eigenvalue weighted by atomic mass is 16.1. The monoisotopic (exact) mass is 179 g/mol. The SMILES string of the molecule is C#CCCCC1(C(N)=O)CCCC1. The molecule has 1 aliphatic rings. The molecule has 2 N–H and O–H groups in total. The number of rotatable bonds is 4. The van der Waals surface area contributed by atoms with Crippen LogP contribution in [0.2, 0.25) is 0 Å². The molecule has 1 amide bonds. The van der Waals surface area contributed by atoms with Gasteiger partial charge >= 0.3 is 0 Å². The Bertz CT molecular complexity index is 221. The van der Waals surface area contributed by atoms with Gasteiger partial charge in [-0.2, -0.15) is 0 Å². The van der Waals surface area contributed by atoms with Gasteiger partial charge in [-0.3, -0.25) is 4.79 Å². The van der Waals surface area contributed by atoms with Gasteiger partial charge in [-0.25, -0.2) is 0 Å². The van der Waals surface area contributed by atoms with Crippen LogP contribution < -0.4 is 5.73 Å². The number of hydrogen-bond donors (Lipinski definition) is 1. The van der Waals surface area contributed by atoms with Gasteiger partial charge in [0.15, 0.2) is 0 Å². The van der Waals surface area contributed by atoms with Crippen molar-refractivity contribution in [3.63, 3.8) is 0 Å². The summed E-state index contributed by atoms with van der Waals surface area (Å²) in [5, 5.41) is 0. The van der Waals surface area contributed by atoms with E-state index in [9.17, 15) is 4.79 Å². The first-order valence-electron chi connectivity index (χ1n) is 4.95. The van der Waals surface area contributed by atoms with Crippen molar-refractivity contribution in [3.8, 4) is 12.3 Å². The Kier molecular flexibility index (Phi) is 3.36. The molecule has 0 aliphatic heterocycles. The maximum absolute atomic E-state index is 11.3. The van der Waals surface area contributed by atoms with Crippen molar-refractivity contribution in [3.05, 3.63) is 0 Å². The summed E-state index contributed by atoms with van der Waals surface area (Å²) < 4.78 is 0. The average molecular weight is 179 g/mol. The van der Waals surface area contributed by atoms with E-state index in [0.717, 1.165) is 44.9 Å². The minimum absolute atomic E-state index is 0.123. The van der Waals surface area contributed by atoms with E-state index in [1.807, 2.05) is 0 Å². The summed E-state index contributed by atoms with van der Waals surface area (Å²) in [4.78, 5) is 11.3. The number of unbranched alkanes of at least 4 members (excludes halogenated alkanes) is 1. The van der Waals surface area contributed by atoms with Crippen LogP contribution in [0.25, 0.3) is 0 Å². The van der Waals surface area contributed by atoms with Crippen LogP contribution in [-0.4, -0.2) is 5.91 Å². The Morgan fingerprint density at radius 2 is 2.08 bits per heavy atom. The molecule has 1 fully saturated rings. The maximum atomic E-state index is 11.3. The summed E-state index contributed by atoms with van der Waals surface area (Å²) in [6.45, 7) is 0. The average Bonchev–Trinajstić information content (AvgIpc) is 2.55. The highest BCUT2D eigenvalue weighted by Gasteiger charge is 2.38. The Hall–Kier alpha value is -0.970. The molecule has 0 bridgehead atoms. The normalized spacial score (nSPS) is 19.6. The van der Waals surface area contributed by atoms with Crippen molar-refractivity contribution in [1.82, 2.24) is 0 Å². The van der Waals surface area contributed by atoms with E-state index < -0.39 is 0 Å². The van der Waals surface area contributed by atoms with Gasteiger partial charge in [-0.1, -0.05) is 12.8 Å². The lowest BCUT2D eigenvalue weighted by atomic mass is 9.80. The molecule has 1 rings (SSSR count). The fourth-order valence-corrected chi connectivity index (χ4v) is 2.20. The van der Waals surface area contributed by atoms with Gasteiger partial charge in [0.2, 0.25) is 5.91 Å². The molecule has 0 atom stereocenters. The van der Waals surface area contributed by atoms with Crippen molar-refractivity contribution < 1.29 is 4.79 Å². The van der Waals surface area contributed by atoms with Crippen LogP contribution in [0.15, 0.2) is 0 Å². The van der Waals surface area contributed by atoms with Crippen LogP contribution in [-0.2, 0) is 4.79 Å². The van der Waals surface area contributed by atoms with E-state index in [2.05, 4.69) is 5.92 Å². The molecule has 0 radical (unpaired) electrons. The first-order chi connectivity index (χ1) is 6.21. The van der Waals surface area contributed by atoms with E-state index in [1.54, 1.807) is 0 Å². The van der Waals surface area contributed by atoms with E-state index in [0.29, 0.717) is 0 Å². The van der Waals surface area contributed by atoms with E-state index in [1.165, 1.54) is 0 Å². The molecule has 0 saturated heterocycles. The highest BCUT2D eigenvalue weighted by Crippen LogP contribution is 2.41. The van der Waals surface area contributed by atoms with Crippen molar-refractivity contribution >= 4 is 5.91 Å². The van der Waals surface area contributed by atoms with E-state index >= 15 is 0 Å². The summed E-state index contributed by atoms with van der Waals surface area (Å²) in [5.74, 6) is 2.47. The van der Waals surface area contributed by atoms with E-state index in [-0.39, 0.29) is 11.3 Å². The molecule has 0 aromatic heterocycles. The summed E-state index contributed by atoms with van der Waals surface area (Å²) in [7, 11) is 0. The Morgan fingerprint density at radius 1 is 1.46 bits per heavy atom. The third-order valence-corrected chi connectivity index (χ3v) is 3.06. The molecule has 13 heavy (non-hydrogen) atoms. The minimum atomic E-state index is -0.211. The molecule has 1 aliphatic carbocycles. The van der Waals surface area contributed by atoms with Gasteiger partial charge in [-0.05, 0) is 25.7 Å². The fourth-order valence-electron chi connectivity index (χ4n) is 2.20. The largest absolute Gasteiger partial charge is 0.369 e. The zero-order valence-electron chi connectivity index (χ0n) is 8.01. The van der Waals surface area contributed by atoms with Crippen LogP contribution in [0, 0.1) is 17.8 Å². The number of terminal acetylenes is 1. The van der Waals surface area contributed by atoms with Crippen molar-refractivity contribution in [2.24, 2.45) is 11.1 Å². The highest BCUT2D eigenvalue weighted by molar-refractivity contribution is 5.81. The molecule has 0 spiro atoms. The van der Waals surface area contributed by atoms with Gasteiger partial charge in [0.05, 0.1) is 0 Å². The fraction of sp³-hybridized carbons (Fsp3) is 0.727. The third kappa shape index (κ3) is 2.24. The van der Waals surface area contributed by atoms with Crippen molar-refractivity contribution in [2.45, 2.75) is 44.9 Å². The summed E-state index contributed by atoms with van der Waals surface area (Å²) >= 11 is 0. The van der Waals surface area contributed by atoms with Gasteiger partial charge in [0.25, 0.3) is 0 Å². The quantitative estimate of drug-likeness (QED) is 0.519. The molecular weight excluding hydrogens is 162 g/mol. The first-order valence-corrected chi connectivity index (χ1v) is 4.95. The maximum Gasteiger partial charge on any atom is 0.223 e. The molecule has 0 unspecified atom stereocenters. The predicted octanol–water partition coefficient (Wildman–Crippen LogP) is 1.84. The summed E-state index contributed by atoms with van der Waals surface area (Å²) in [5.41, 5.74) is 5.21.